The van der Waals surface area contributed by atoms with E-state index in [0.29, 0.717) is 0 Å². The summed E-state index contributed by atoms with van der Waals surface area (Å²) in [6, 6.07) is 9.50. The molecular formula is C6H2Br2. The summed E-state index contributed by atoms with van der Waals surface area (Å²) in [5.74, 6) is 0. The van der Waals surface area contributed by atoms with Crippen LogP contribution in [0.15, 0.2) is 21.1 Å². The second-order valence-electron chi connectivity index (χ2n) is 1.28. The van der Waals surface area contributed by atoms with E-state index in [9.17, 15) is 0 Å². The number of hydrogen-bond acceptors (Lipinski definition) is 0. The Labute approximate surface area is 65.2 Å². The Kier molecular flexibility index (Phi) is 2.08. The quantitative estimate of drug-likeness (QED) is 0.647. The van der Waals surface area contributed by atoms with Crippen molar-refractivity contribution in [1.82, 2.24) is 0 Å². The zero-order valence-electron chi connectivity index (χ0n) is 3.91. The highest BCUT2D eigenvalue weighted by atomic mass is 79.9. The fraction of sp³-hybridized carbons (Fsp3) is 0. The number of halogens is 2. The molecule has 0 bridgehead atoms. The van der Waals surface area contributed by atoms with Gasteiger partial charge in [-0.2, -0.15) is 0 Å². The Morgan fingerprint density at radius 2 is 1.62 bits per heavy atom. The molecule has 40 valence electrons. The molecule has 0 unspecified atom stereocenters. The van der Waals surface area contributed by atoms with Crippen molar-refractivity contribution in [2.45, 2.75) is 0 Å². The van der Waals surface area contributed by atoms with E-state index in [4.69, 9.17) is 0 Å². The summed E-state index contributed by atoms with van der Waals surface area (Å²) < 4.78 is 1.85. The van der Waals surface area contributed by atoms with Crippen molar-refractivity contribution in [2.75, 3.05) is 0 Å². The zero-order chi connectivity index (χ0) is 5.98. The van der Waals surface area contributed by atoms with Gasteiger partial charge < -0.3 is 0 Å². The van der Waals surface area contributed by atoms with Crippen molar-refractivity contribution in [2.24, 2.45) is 0 Å². The van der Waals surface area contributed by atoms with Gasteiger partial charge in [-0.15, -0.1) is 0 Å². The van der Waals surface area contributed by atoms with Crippen molar-refractivity contribution in [3.8, 4) is 0 Å². The van der Waals surface area contributed by atoms with E-state index in [1.807, 2.05) is 12.1 Å². The summed E-state index contributed by atoms with van der Waals surface area (Å²) in [6.45, 7) is 0. The number of benzene rings is 1. The molecule has 0 saturated carbocycles. The highest BCUT2D eigenvalue weighted by Crippen LogP contribution is 2.14. The number of rotatable bonds is 0. The first kappa shape index (κ1) is 6.30. The van der Waals surface area contributed by atoms with Crippen LogP contribution in [0.25, 0.3) is 0 Å². The predicted octanol–water partition coefficient (Wildman–Crippen LogP) is 2.81. The molecule has 0 N–H and O–H groups in total. The molecule has 1 aromatic carbocycles. The van der Waals surface area contributed by atoms with Gasteiger partial charge in [-0.3, -0.25) is 0 Å². The maximum absolute atomic E-state index is 3.25. The molecule has 0 saturated heterocycles. The minimum absolute atomic E-state index is 0.923. The molecule has 0 atom stereocenters. The minimum Gasteiger partial charge on any atom is -0.0501 e. The summed E-state index contributed by atoms with van der Waals surface area (Å²) >= 11 is 6.49. The van der Waals surface area contributed by atoms with Crippen LogP contribution in [0.2, 0.25) is 0 Å². The van der Waals surface area contributed by atoms with Crippen molar-refractivity contribution in [3.63, 3.8) is 0 Å². The Balaban J connectivity index is 3.08. The lowest BCUT2D eigenvalue weighted by molar-refractivity contribution is 1.57. The van der Waals surface area contributed by atoms with Gasteiger partial charge in [0.25, 0.3) is 0 Å². The van der Waals surface area contributed by atoms with Gasteiger partial charge in [0, 0.05) is 15.0 Å². The van der Waals surface area contributed by atoms with Gasteiger partial charge in [0.15, 0.2) is 0 Å². The van der Waals surface area contributed by atoms with Crippen LogP contribution >= 0.6 is 31.9 Å². The third kappa shape index (κ3) is 1.60. The predicted molar refractivity (Wildman–Crippen MR) is 39.5 cm³/mol. The van der Waals surface area contributed by atoms with Gasteiger partial charge in [0.1, 0.15) is 0 Å². The summed E-state index contributed by atoms with van der Waals surface area (Å²) in [5.41, 5.74) is 0. The monoisotopic (exact) mass is 232 g/mol. The van der Waals surface area contributed by atoms with E-state index in [1.54, 1.807) is 0 Å². The first-order valence-corrected chi connectivity index (χ1v) is 3.62. The van der Waals surface area contributed by atoms with Crippen molar-refractivity contribution in [1.29, 1.82) is 0 Å². The second kappa shape index (κ2) is 2.65. The lowest BCUT2D eigenvalue weighted by Crippen LogP contribution is -1.63. The molecule has 0 aliphatic carbocycles. The minimum atomic E-state index is 0.923. The highest BCUT2D eigenvalue weighted by molar-refractivity contribution is 9.11. The van der Waals surface area contributed by atoms with Gasteiger partial charge in [-0.1, -0.05) is 31.9 Å². The van der Waals surface area contributed by atoms with Crippen LogP contribution in [0.4, 0.5) is 0 Å². The van der Waals surface area contributed by atoms with Crippen LogP contribution in [0.5, 0.6) is 0 Å². The lowest BCUT2D eigenvalue weighted by atomic mass is 10.4. The molecule has 0 aliphatic rings. The van der Waals surface area contributed by atoms with Gasteiger partial charge in [-0.25, -0.2) is 0 Å². The van der Waals surface area contributed by atoms with Gasteiger partial charge in [0.05, 0.1) is 0 Å². The molecule has 0 fully saturated rings. The van der Waals surface area contributed by atoms with Crippen LogP contribution in [-0.4, -0.2) is 0 Å². The smallest absolute Gasteiger partial charge is 0.0272 e. The van der Waals surface area contributed by atoms with E-state index in [1.165, 1.54) is 0 Å². The van der Waals surface area contributed by atoms with Crippen LogP contribution in [0.1, 0.15) is 0 Å². The van der Waals surface area contributed by atoms with Crippen molar-refractivity contribution < 1.29 is 0 Å². The molecule has 0 nitrogen and oxygen atoms in total. The van der Waals surface area contributed by atoms with Crippen molar-refractivity contribution in [3.05, 3.63) is 33.2 Å². The van der Waals surface area contributed by atoms with E-state index < -0.39 is 0 Å². The fourth-order valence-corrected chi connectivity index (χ4v) is 1.33. The molecule has 0 heterocycles. The SMILES string of the molecule is Brc1[c]c(Br)c[c]c1. The molecule has 8 heavy (non-hydrogen) atoms. The molecule has 0 aromatic heterocycles. The summed E-state index contributed by atoms with van der Waals surface area (Å²) in [6.07, 6.45) is 0. The standard InChI is InChI=1S/C6H2Br2/c7-5-2-1-3-6(8)4-5/h2-3H. The average Bonchev–Trinajstić information content (AvgIpc) is 1.64. The molecule has 0 aliphatic heterocycles. The van der Waals surface area contributed by atoms with Crippen LogP contribution in [-0.2, 0) is 0 Å². The van der Waals surface area contributed by atoms with Crippen molar-refractivity contribution >= 4 is 31.9 Å². The largest absolute Gasteiger partial charge is 0.0501 e. The molecule has 1 rings (SSSR count). The topological polar surface area (TPSA) is 0 Å². The lowest BCUT2D eigenvalue weighted by Gasteiger charge is -1.85. The molecule has 2 heteroatoms. The van der Waals surface area contributed by atoms with E-state index in [0.717, 1.165) is 8.95 Å². The molecular weight excluding hydrogens is 232 g/mol. The Hall–Kier alpha value is 0.180. The maximum Gasteiger partial charge on any atom is 0.0272 e. The van der Waals surface area contributed by atoms with E-state index >= 15 is 0 Å². The summed E-state index contributed by atoms with van der Waals surface area (Å²) in [5, 5.41) is 0. The van der Waals surface area contributed by atoms with Gasteiger partial charge in [0.2, 0.25) is 0 Å². The third-order valence-electron chi connectivity index (χ3n) is 0.659. The fourth-order valence-electron chi connectivity index (χ4n) is 0.374. The highest BCUT2D eigenvalue weighted by Gasteiger charge is 1.85. The summed E-state index contributed by atoms with van der Waals surface area (Å²) in [7, 11) is 0. The molecule has 2 radical (unpaired) electrons. The first-order valence-electron chi connectivity index (χ1n) is 2.03. The first-order chi connectivity index (χ1) is 3.79. The second-order valence-corrected chi connectivity index (χ2v) is 2.98. The molecule has 1 aromatic rings. The van der Waals surface area contributed by atoms with E-state index in [-0.39, 0.29) is 0 Å². The van der Waals surface area contributed by atoms with Crippen LogP contribution < -0.4 is 0 Å². The normalized spacial score (nSPS) is 9.25. The maximum atomic E-state index is 3.25. The Bertz CT molecular complexity index is 166. The van der Waals surface area contributed by atoms with E-state index in [2.05, 4.69) is 44.0 Å². The Morgan fingerprint density at radius 1 is 1.12 bits per heavy atom. The van der Waals surface area contributed by atoms with Gasteiger partial charge in [-0.05, 0) is 18.2 Å². The molecule has 0 amide bonds. The van der Waals surface area contributed by atoms with Crippen LogP contribution in [0, 0.1) is 12.1 Å². The Morgan fingerprint density at radius 3 is 1.88 bits per heavy atom. The van der Waals surface area contributed by atoms with Gasteiger partial charge >= 0.3 is 0 Å². The average molecular weight is 234 g/mol. The van der Waals surface area contributed by atoms with Crippen LogP contribution in [0.3, 0.4) is 0 Å². The zero-order valence-corrected chi connectivity index (χ0v) is 7.08. The molecule has 0 spiro atoms. The summed E-state index contributed by atoms with van der Waals surface area (Å²) in [4.78, 5) is 0. The number of hydrogen-bond donors (Lipinski definition) is 0. The third-order valence-corrected chi connectivity index (χ3v) is 1.51.